The molecule has 1 aliphatic heterocycles. The standard InChI is InChI=1S/C21H22N2O4S/c1-26-14-9-10-18(27-2)17(11-14)23-19(24)12-28-21(23)15-5-3-4-6-16(15)22-20(25)13-7-8-13/h3-6,9-11,13,21H,7-8,12H2,1-2H3,(H,22,25)/t21-/m1/s1. The second-order valence-corrected chi connectivity index (χ2v) is 7.88. The summed E-state index contributed by atoms with van der Waals surface area (Å²) in [6.07, 6.45) is 1.88. The van der Waals surface area contributed by atoms with Gasteiger partial charge in [-0.05, 0) is 31.0 Å². The second-order valence-electron chi connectivity index (χ2n) is 6.82. The maximum absolute atomic E-state index is 12.8. The minimum atomic E-state index is -0.260. The third-order valence-corrected chi connectivity index (χ3v) is 6.14. The molecule has 0 radical (unpaired) electrons. The number of thioether (sulfide) groups is 1. The molecule has 2 aliphatic rings. The first-order chi connectivity index (χ1) is 13.6. The largest absolute Gasteiger partial charge is 0.497 e. The minimum Gasteiger partial charge on any atom is -0.497 e. The quantitative estimate of drug-likeness (QED) is 0.801. The number of amides is 2. The van der Waals surface area contributed by atoms with Gasteiger partial charge in [0.25, 0.3) is 0 Å². The summed E-state index contributed by atoms with van der Waals surface area (Å²) in [5.74, 6) is 1.75. The number of carbonyl (C=O) groups is 2. The molecule has 2 fully saturated rings. The smallest absolute Gasteiger partial charge is 0.238 e. The van der Waals surface area contributed by atoms with Crippen molar-refractivity contribution in [1.82, 2.24) is 0 Å². The number of hydrogen-bond donors (Lipinski definition) is 1. The number of nitrogens with zero attached hydrogens (tertiary/aromatic N) is 1. The Hall–Kier alpha value is -2.67. The summed E-state index contributed by atoms with van der Waals surface area (Å²) in [6.45, 7) is 0. The van der Waals surface area contributed by atoms with E-state index in [1.165, 1.54) is 11.8 Å². The minimum absolute atomic E-state index is 0.00937. The Kier molecular flexibility index (Phi) is 5.17. The van der Waals surface area contributed by atoms with E-state index >= 15 is 0 Å². The van der Waals surface area contributed by atoms with Gasteiger partial charge in [0.05, 0.1) is 25.7 Å². The van der Waals surface area contributed by atoms with Gasteiger partial charge < -0.3 is 14.8 Å². The molecule has 0 bridgehead atoms. The maximum Gasteiger partial charge on any atom is 0.238 e. The SMILES string of the molecule is COc1ccc(OC)c(N2C(=O)CS[C@@H]2c2ccccc2NC(=O)C2CC2)c1. The molecule has 2 amide bonds. The molecule has 1 atom stereocenters. The van der Waals surface area contributed by atoms with Crippen LogP contribution < -0.4 is 19.7 Å². The van der Waals surface area contributed by atoms with Gasteiger partial charge in [-0.1, -0.05) is 18.2 Å². The van der Waals surface area contributed by atoms with E-state index in [1.807, 2.05) is 24.3 Å². The van der Waals surface area contributed by atoms with Crippen molar-refractivity contribution < 1.29 is 19.1 Å². The van der Waals surface area contributed by atoms with Crippen LogP contribution >= 0.6 is 11.8 Å². The number of rotatable bonds is 6. The number of methoxy groups -OCH3 is 2. The molecule has 1 saturated carbocycles. The molecule has 1 aliphatic carbocycles. The van der Waals surface area contributed by atoms with Gasteiger partial charge in [-0.25, -0.2) is 0 Å². The van der Waals surface area contributed by atoms with Crippen LogP contribution in [0.15, 0.2) is 42.5 Å². The van der Waals surface area contributed by atoms with E-state index < -0.39 is 0 Å². The molecule has 28 heavy (non-hydrogen) atoms. The number of nitrogens with one attached hydrogen (secondary N) is 1. The van der Waals surface area contributed by atoms with Gasteiger partial charge >= 0.3 is 0 Å². The van der Waals surface area contributed by atoms with Crippen LogP contribution in [-0.2, 0) is 9.59 Å². The van der Waals surface area contributed by atoms with Gasteiger partial charge in [0.15, 0.2) is 0 Å². The van der Waals surface area contributed by atoms with Crippen molar-refractivity contribution in [3.8, 4) is 11.5 Å². The van der Waals surface area contributed by atoms with E-state index in [9.17, 15) is 9.59 Å². The molecule has 6 nitrogen and oxygen atoms in total. The van der Waals surface area contributed by atoms with E-state index in [0.29, 0.717) is 22.9 Å². The van der Waals surface area contributed by atoms with Gasteiger partial charge in [0, 0.05) is 23.2 Å². The Balaban J connectivity index is 1.72. The number of hydrogen-bond acceptors (Lipinski definition) is 5. The molecule has 0 aromatic heterocycles. The van der Waals surface area contributed by atoms with Crippen molar-refractivity contribution in [1.29, 1.82) is 0 Å². The average Bonchev–Trinajstić information content (AvgIpc) is 3.50. The van der Waals surface area contributed by atoms with Crippen molar-refractivity contribution in [2.75, 3.05) is 30.2 Å². The van der Waals surface area contributed by atoms with Gasteiger partial charge in [-0.2, -0.15) is 0 Å². The molecule has 2 aromatic rings. The van der Waals surface area contributed by atoms with Crippen LogP contribution in [0.3, 0.4) is 0 Å². The van der Waals surface area contributed by atoms with E-state index in [4.69, 9.17) is 9.47 Å². The molecule has 7 heteroatoms. The number of anilines is 2. The molecule has 4 rings (SSSR count). The summed E-state index contributed by atoms with van der Waals surface area (Å²) < 4.78 is 10.8. The Morgan fingerprint density at radius 2 is 1.93 bits per heavy atom. The van der Waals surface area contributed by atoms with Gasteiger partial charge in [-0.15, -0.1) is 11.8 Å². The third-order valence-electron chi connectivity index (χ3n) is 4.95. The van der Waals surface area contributed by atoms with E-state index in [2.05, 4.69) is 5.32 Å². The lowest BCUT2D eigenvalue weighted by molar-refractivity contribution is -0.117. The zero-order chi connectivity index (χ0) is 19.7. The molecule has 146 valence electrons. The lowest BCUT2D eigenvalue weighted by Gasteiger charge is -2.27. The number of para-hydroxylation sites is 1. The highest BCUT2D eigenvalue weighted by atomic mass is 32.2. The van der Waals surface area contributed by atoms with E-state index in [1.54, 1.807) is 37.3 Å². The van der Waals surface area contributed by atoms with Crippen molar-refractivity contribution in [3.63, 3.8) is 0 Å². The van der Waals surface area contributed by atoms with Gasteiger partial charge in [0.2, 0.25) is 11.8 Å². The summed E-state index contributed by atoms with van der Waals surface area (Å²) in [5.41, 5.74) is 2.31. The zero-order valence-electron chi connectivity index (χ0n) is 15.8. The lowest BCUT2D eigenvalue weighted by atomic mass is 10.1. The third kappa shape index (κ3) is 3.54. The van der Waals surface area contributed by atoms with Gasteiger partial charge in [0.1, 0.15) is 16.9 Å². The van der Waals surface area contributed by atoms with E-state index in [-0.39, 0.29) is 23.1 Å². The van der Waals surface area contributed by atoms with Crippen LogP contribution in [0.1, 0.15) is 23.8 Å². The van der Waals surface area contributed by atoms with Gasteiger partial charge in [-0.3, -0.25) is 14.5 Å². The Bertz CT molecular complexity index is 913. The molecule has 1 heterocycles. The molecular weight excluding hydrogens is 376 g/mol. The fourth-order valence-electron chi connectivity index (χ4n) is 3.31. The number of benzene rings is 2. The first-order valence-electron chi connectivity index (χ1n) is 9.18. The molecule has 1 N–H and O–H groups in total. The highest BCUT2D eigenvalue weighted by molar-refractivity contribution is 8.00. The zero-order valence-corrected chi connectivity index (χ0v) is 16.6. The van der Waals surface area contributed by atoms with Crippen LogP contribution in [0.25, 0.3) is 0 Å². The Labute approximate surface area is 168 Å². The summed E-state index contributed by atoms with van der Waals surface area (Å²) in [6, 6.07) is 13.1. The highest BCUT2D eigenvalue weighted by Crippen LogP contribution is 2.47. The van der Waals surface area contributed by atoms with Crippen LogP contribution in [0.2, 0.25) is 0 Å². The number of carbonyl (C=O) groups excluding carboxylic acids is 2. The first-order valence-corrected chi connectivity index (χ1v) is 10.2. The molecular formula is C21H22N2O4S. The lowest BCUT2D eigenvalue weighted by Crippen LogP contribution is -2.29. The van der Waals surface area contributed by atoms with Crippen LogP contribution in [-0.4, -0.2) is 31.8 Å². The highest BCUT2D eigenvalue weighted by Gasteiger charge is 2.38. The summed E-state index contributed by atoms with van der Waals surface area (Å²) in [7, 11) is 3.17. The topological polar surface area (TPSA) is 67.9 Å². The fraction of sp³-hybridized carbons (Fsp3) is 0.333. The molecule has 0 spiro atoms. The van der Waals surface area contributed by atoms with Crippen molar-refractivity contribution in [3.05, 3.63) is 48.0 Å². The Morgan fingerprint density at radius 1 is 1.14 bits per heavy atom. The summed E-state index contributed by atoms with van der Waals surface area (Å²) in [5, 5.41) is 2.78. The molecule has 1 saturated heterocycles. The monoisotopic (exact) mass is 398 g/mol. The molecule has 2 aromatic carbocycles. The van der Waals surface area contributed by atoms with Crippen molar-refractivity contribution in [2.45, 2.75) is 18.2 Å². The van der Waals surface area contributed by atoms with Crippen LogP contribution in [0.4, 0.5) is 11.4 Å². The first kappa shape index (κ1) is 18.7. The number of ether oxygens (including phenoxy) is 2. The second kappa shape index (κ2) is 7.75. The fourth-order valence-corrected chi connectivity index (χ4v) is 4.51. The summed E-state index contributed by atoms with van der Waals surface area (Å²) >= 11 is 1.53. The maximum atomic E-state index is 12.8. The predicted molar refractivity (Wildman–Crippen MR) is 110 cm³/mol. The van der Waals surface area contributed by atoms with Crippen LogP contribution in [0, 0.1) is 5.92 Å². The molecule has 0 unspecified atom stereocenters. The Morgan fingerprint density at radius 3 is 2.64 bits per heavy atom. The van der Waals surface area contributed by atoms with Crippen LogP contribution in [0.5, 0.6) is 11.5 Å². The van der Waals surface area contributed by atoms with Crippen molar-refractivity contribution in [2.24, 2.45) is 5.92 Å². The van der Waals surface area contributed by atoms with E-state index in [0.717, 1.165) is 24.1 Å². The van der Waals surface area contributed by atoms with Crippen molar-refractivity contribution >= 4 is 35.0 Å². The average molecular weight is 398 g/mol. The predicted octanol–water partition coefficient (Wildman–Crippen LogP) is 3.83. The normalized spacial score (nSPS) is 18.9. The summed E-state index contributed by atoms with van der Waals surface area (Å²) in [4.78, 5) is 26.8.